The summed E-state index contributed by atoms with van der Waals surface area (Å²) in [6, 6.07) is 0. The van der Waals surface area contributed by atoms with Crippen LogP contribution >= 0.6 is 15.9 Å². The number of nitrogens with one attached hydrogen (secondary N) is 1. The van der Waals surface area contributed by atoms with E-state index in [1.54, 1.807) is 0 Å². The quantitative estimate of drug-likeness (QED) is 0.760. The van der Waals surface area contributed by atoms with Gasteiger partial charge in [-0.05, 0) is 62.0 Å². The van der Waals surface area contributed by atoms with E-state index in [0.717, 1.165) is 28.5 Å². The zero-order valence-electron chi connectivity index (χ0n) is 14.6. The lowest BCUT2D eigenvalue weighted by atomic mass is 9.90. The third kappa shape index (κ3) is 3.43. The first kappa shape index (κ1) is 17.3. The van der Waals surface area contributed by atoms with Crippen LogP contribution in [-0.2, 0) is 4.74 Å². The Morgan fingerprint density at radius 2 is 2.04 bits per heavy atom. The van der Waals surface area contributed by atoms with Crippen molar-refractivity contribution >= 4 is 32.9 Å². The van der Waals surface area contributed by atoms with Gasteiger partial charge in [0, 0.05) is 40.8 Å². The molecule has 0 atom stereocenters. The van der Waals surface area contributed by atoms with Crippen LogP contribution in [0.15, 0.2) is 16.9 Å². The highest BCUT2D eigenvalue weighted by molar-refractivity contribution is 9.10. The third-order valence-electron chi connectivity index (χ3n) is 4.49. The first-order valence-electron chi connectivity index (χ1n) is 8.36. The zero-order valence-corrected chi connectivity index (χ0v) is 16.2. The molecule has 0 aliphatic carbocycles. The minimum Gasteiger partial charge on any atom is -0.444 e. The van der Waals surface area contributed by atoms with Gasteiger partial charge in [0.25, 0.3) is 0 Å². The van der Waals surface area contributed by atoms with Gasteiger partial charge in [-0.2, -0.15) is 0 Å². The Hall–Kier alpha value is -1.56. The van der Waals surface area contributed by atoms with E-state index in [1.165, 1.54) is 10.9 Å². The van der Waals surface area contributed by atoms with Crippen LogP contribution in [0.2, 0.25) is 0 Å². The number of ether oxygens (including phenoxy) is 1. The number of H-pyrrole nitrogens is 1. The number of pyridine rings is 1. The molecule has 0 unspecified atom stereocenters. The molecule has 3 heterocycles. The predicted molar refractivity (Wildman–Crippen MR) is 98.3 cm³/mol. The van der Waals surface area contributed by atoms with Gasteiger partial charge < -0.3 is 14.6 Å². The fraction of sp³-hybridized carbons (Fsp3) is 0.556. The summed E-state index contributed by atoms with van der Waals surface area (Å²) >= 11 is 3.60. The average molecular weight is 394 g/mol. The van der Waals surface area contributed by atoms with E-state index >= 15 is 0 Å². The summed E-state index contributed by atoms with van der Waals surface area (Å²) < 4.78 is 6.54. The second kappa shape index (κ2) is 6.39. The summed E-state index contributed by atoms with van der Waals surface area (Å²) in [5, 5.41) is 1.20. The highest BCUT2D eigenvalue weighted by atomic mass is 79.9. The first-order valence-corrected chi connectivity index (χ1v) is 9.15. The molecule has 6 heteroatoms. The Balaban J connectivity index is 1.72. The highest BCUT2D eigenvalue weighted by Crippen LogP contribution is 2.34. The van der Waals surface area contributed by atoms with Crippen LogP contribution in [0, 0.1) is 6.92 Å². The molecule has 24 heavy (non-hydrogen) atoms. The second-order valence-electron chi connectivity index (χ2n) is 7.44. The normalized spacial score (nSPS) is 16.6. The van der Waals surface area contributed by atoms with Gasteiger partial charge in [0.05, 0.1) is 11.7 Å². The largest absolute Gasteiger partial charge is 0.444 e. The number of hydrogen-bond donors (Lipinski definition) is 1. The van der Waals surface area contributed by atoms with Crippen LogP contribution in [0.5, 0.6) is 0 Å². The molecule has 1 saturated heterocycles. The van der Waals surface area contributed by atoms with Crippen LogP contribution in [-0.4, -0.2) is 39.7 Å². The smallest absolute Gasteiger partial charge is 0.410 e. The van der Waals surface area contributed by atoms with Crippen molar-refractivity contribution in [3.8, 4) is 0 Å². The predicted octanol–water partition coefficient (Wildman–Crippen LogP) is 4.75. The van der Waals surface area contributed by atoms with Crippen LogP contribution in [0.4, 0.5) is 4.79 Å². The minimum atomic E-state index is -0.447. The molecule has 3 rings (SSSR count). The summed E-state index contributed by atoms with van der Waals surface area (Å²) in [6.07, 6.45) is 5.48. The average Bonchev–Trinajstić information content (AvgIpc) is 2.88. The molecule has 1 aliphatic rings. The number of carbonyl (C=O) groups is 1. The van der Waals surface area contributed by atoms with E-state index in [0.29, 0.717) is 19.0 Å². The van der Waals surface area contributed by atoms with Gasteiger partial charge in [0.1, 0.15) is 5.60 Å². The molecule has 0 radical (unpaired) electrons. The van der Waals surface area contributed by atoms with Crippen molar-refractivity contribution in [1.82, 2.24) is 14.9 Å². The van der Waals surface area contributed by atoms with Gasteiger partial charge in [-0.3, -0.25) is 4.98 Å². The van der Waals surface area contributed by atoms with Crippen molar-refractivity contribution < 1.29 is 9.53 Å². The highest BCUT2D eigenvalue weighted by Gasteiger charge is 2.29. The lowest BCUT2D eigenvalue weighted by Crippen LogP contribution is -2.41. The molecule has 1 aliphatic heterocycles. The van der Waals surface area contributed by atoms with Crippen molar-refractivity contribution in [2.75, 3.05) is 13.1 Å². The van der Waals surface area contributed by atoms with Crippen LogP contribution in [0.1, 0.15) is 50.8 Å². The summed E-state index contributed by atoms with van der Waals surface area (Å²) in [6.45, 7) is 9.25. The SMILES string of the molecule is Cc1c(C2CCN(C(=O)OC(C)(C)C)CC2)ncc2[nH]cc(Br)c12. The molecular weight excluding hydrogens is 370 g/mol. The van der Waals surface area contributed by atoms with Crippen LogP contribution < -0.4 is 0 Å². The molecule has 0 aromatic carbocycles. The lowest BCUT2D eigenvalue weighted by Gasteiger charge is -2.33. The molecule has 0 bridgehead atoms. The Morgan fingerprint density at radius 1 is 1.38 bits per heavy atom. The molecule has 1 amide bonds. The van der Waals surface area contributed by atoms with E-state index in [-0.39, 0.29) is 6.09 Å². The second-order valence-corrected chi connectivity index (χ2v) is 8.29. The molecule has 1 fully saturated rings. The van der Waals surface area contributed by atoms with Gasteiger partial charge in [0.2, 0.25) is 0 Å². The third-order valence-corrected chi connectivity index (χ3v) is 5.11. The van der Waals surface area contributed by atoms with E-state index in [9.17, 15) is 4.79 Å². The topological polar surface area (TPSA) is 58.2 Å². The van der Waals surface area contributed by atoms with Crippen molar-refractivity contribution in [1.29, 1.82) is 0 Å². The van der Waals surface area contributed by atoms with Crippen molar-refractivity contribution in [3.05, 3.63) is 28.1 Å². The molecular formula is C18H24BrN3O2. The Labute approximate surface area is 150 Å². The Morgan fingerprint density at radius 3 is 2.67 bits per heavy atom. The summed E-state index contributed by atoms with van der Waals surface area (Å²) in [5.41, 5.74) is 2.97. The lowest BCUT2D eigenvalue weighted by molar-refractivity contribution is 0.0204. The number of amides is 1. The van der Waals surface area contributed by atoms with Crippen molar-refractivity contribution in [2.24, 2.45) is 0 Å². The van der Waals surface area contributed by atoms with Crippen molar-refractivity contribution in [3.63, 3.8) is 0 Å². The van der Waals surface area contributed by atoms with E-state index < -0.39 is 5.60 Å². The molecule has 0 spiro atoms. The maximum atomic E-state index is 12.2. The van der Waals surface area contributed by atoms with E-state index in [1.807, 2.05) is 38.1 Å². The maximum Gasteiger partial charge on any atom is 0.410 e. The Kier molecular flexibility index (Phi) is 4.60. The minimum absolute atomic E-state index is 0.213. The van der Waals surface area contributed by atoms with E-state index in [4.69, 9.17) is 4.74 Å². The number of carbonyl (C=O) groups excluding carboxylic acids is 1. The van der Waals surface area contributed by atoms with Crippen molar-refractivity contribution in [2.45, 2.75) is 52.1 Å². The number of aromatic amines is 1. The number of halogens is 1. The fourth-order valence-corrected chi connectivity index (χ4v) is 3.96. The molecule has 130 valence electrons. The zero-order chi connectivity index (χ0) is 17.5. The number of aromatic nitrogens is 2. The van der Waals surface area contributed by atoms with Crippen LogP contribution in [0.25, 0.3) is 10.9 Å². The van der Waals surface area contributed by atoms with Gasteiger partial charge >= 0.3 is 6.09 Å². The van der Waals surface area contributed by atoms with Gasteiger partial charge in [0.15, 0.2) is 0 Å². The standard InChI is InChI=1S/C18H24BrN3O2/c1-11-15-13(19)9-20-14(15)10-21-16(11)12-5-7-22(8-6-12)17(23)24-18(2,3)4/h9-10,12,20H,5-8H2,1-4H3. The first-order chi connectivity index (χ1) is 11.3. The number of fused-ring (bicyclic) bond motifs is 1. The number of hydrogen-bond acceptors (Lipinski definition) is 3. The number of nitrogens with zero attached hydrogens (tertiary/aromatic N) is 2. The Bertz CT molecular complexity index is 755. The monoisotopic (exact) mass is 393 g/mol. The molecule has 2 aromatic rings. The van der Waals surface area contributed by atoms with Crippen LogP contribution in [0.3, 0.4) is 0 Å². The maximum absolute atomic E-state index is 12.2. The van der Waals surface area contributed by atoms with Gasteiger partial charge in [-0.25, -0.2) is 4.79 Å². The molecule has 1 N–H and O–H groups in total. The number of rotatable bonds is 1. The van der Waals surface area contributed by atoms with E-state index in [2.05, 4.69) is 32.8 Å². The molecule has 0 saturated carbocycles. The summed E-state index contributed by atoms with van der Waals surface area (Å²) in [5.74, 6) is 0.384. The molecule has 5 nitrogen and oxygen atoms in total. The summed E-state index contributed by atoms with van der Waals surface area (Å²) in [7, 11) is 0. The molecule has 2 aromatic heterocycles. The number of likely N-dealkylation sites (tertiary alicyclic amines) is 1. The van der Waals surface area contributed by atoms with Gasteiger partial charge in [-0.15, -0.1) is 0 Å². The fourth-order valence-electron chi connectivity index (χ4n) is 3.33. The number of aryl methyl sites for hydroxylation is 1. The summed E-state index contributed by atoms with van der Waals surface area (Å²) in [4.78, 5) is 21.9. The van der Waals surface area contributed by atoms with Gasteiger partial charge in [-0.1, -0.05) is 0 Å². The number of piperidine rings is 1.